The molecule has 0 radical (unpaired) electrons. The Hall–Kier alpha value is -8.52. The maximum Gasteiger partial charge on any atom is 0.0714 e. The molecule has 1 heteroatoms. The molecule has 1 nitrogen and oxygen atoms in total. The molecular weight excluding hydrogens is 807 g/mol. The molecule has 2 aliphatic rings. The third-order valence-corrected chi connectivity index (χ3v) is 15.0. The number of benzene rings is 11. The van der Waals surface area contributed by atoms with Crippen LogP contribution >= 0.6 is 0 Å². The lowest BCUT2D eigenvalue weighted by Gasteiger charge is -2.33. The van der Waals surface area contributed by atoms with Gasteiger partial charge in [0.25, 0.3) is 0 Å². The highest BCUT2D eigenvalue weighted by molar-refractivity contribution is 6.17. The van der Waals surface area contributed by atoms with Gasteiger partial charge in [0.05, 0.1) is 16.4 Å². The molecule has 1 heterocycles. The fourth-order valence-electron chi connectivity index (χ4n) is 12.2. The van der Waals surface area contributed by atoms with Crippen molar-refractivity contribution < 1.29 is 0 Å². The highest BCUT2D eigenvalue weighted by Crippen LogP contribution is 2.59. The maximum absolute atomic E-state index is 2.55. The molecule has 1 unspecified atom stereocenters. The number of nitrogens with zero attached hydrogens (tertiary/aromatic N) is 1. The average Bonchev–Trinajstić information content (AvgIpc) is 4.03. The van der Waals surface area contributed by atoms with Crippen LogP contribution in [-0.2, 0) is 5.41 Å². The molecule has 0 fully saturated rings. The lowest BCUT2D eigenvalue weighted by atomic mass is 9.67. The molecule has 2 aliphatic carbocycles. The summed E-state index contributed by atoms with van der Waals surface area (Å²) < 4.78 is 2.55. The average molecular weight is 850 g/mol. The summed E-state index contributed by atoms with van der Waals surface area (Å²) in [6, 6.07) is 95.1. The second kappa shape index (κ2) is 14.8. The third-order valence-electron chi connectivity index (χ3n) is 15.0. The van der Waals surface area contributed by atoms with Gasteiger partial charge in [-0.05, 0) is 119 Å². The minimum absolute atomic E-state index is 0.169. The van der Waals surface area contributed by atoms with Crippen molar-refractivity contribution >= 4 is 32.6 Å². The summed E-state index contributed by atoms with van der Waals surface area (Å²) >= 11 is 0. The zero-order valence-electron chi connectivity index (χ0n) is 36.8. The van der Waals surface area contributed by atoms with Gasteiger partial charge in [0.2, 0.25) is 0 Å². The van der Waals surface area contributed by atoms with E-state index < -0.39 is 5.41 Å². The van der Waals surface area contributed by atoms with E-state index in [9.17, 15) is 0 Å². The second-order valence-electron chi connectivity index (χ2n) is 18.3. The van der Waals surface area contributed by atoms with Gasteiger partial charge in [0.15, 0.2) is 0 Å². The summed E-state index contributed by atoms with van der Waals surface area (Å²) in [4.78, 5) is 0. The summed E-state index contributed by atoms with van der Waals surface area (Å²) in [5, 5.41) is 5.08. The number of fused-ring (bicyclic) bond motifs is 11. The quantitative estimate of drug-likeness (QED) is 0.157. The first-order chi connectivity index (χ1) is 33.3. The van der Waals surface area contributed by atoms with Crippen molar-refractivity contribution in [1.82, 2.24) is 4.57 Å². The Kier molecular flexibility index (Phi) is 8.33. The van der Waals surface area contributed by atoms with Crippen LogP contribution in [0, 0.1) is 0 Å². The molecule has 11 aromatic carbocycles. The smallest absolute Gasteiger partial charge is 0.0714 e. The van der Waals surface area contributed by atoms with Crippen LogP contribution < -0.4 is 0 Å². The SMILES string of the molecule is c1ccc(-c2cccc(-n3c4ccc(-c5ccc6c(c5)-c5ccccc5C6c5cccc6ccccc56)cc4c4ccc5c(c43)-c3ccccc3C5(c3ccccc3)c3ccccc3)c2)cc1. The van der Waals surface area contributed by atoms with Crippen LogP contribution in [0.2, 0.25) is 0 Å². The summed E-state index contributed by atoms with van der Waals surface area (Å²) in [6.07, 6.45) is 0. The van der Waals surface area contributed by atoms with Crippen molar-refractivity contribution in [1.29, 1.82) is 0 Å². The van der Waals surface area contributed by atoms with E-state index in [-0.39, 0.29) is 5.92 Å². The summed E-state index contributed by atoms with van der Waals surface area (Å²) in [5.41, 5.74) is 22.3. The molecule has 0 spiro atoms. The molecule has 0 saturated heterocycles. The lowest BCUT2D eigenvalue weighted by Crippen LogP contribution is -2.28. The van der Waals surface area contributed by atoms with E-state index in [4.69, 9.17) is 0 Å². The molecule has 1 atom stereocenters. The van der Waals surface area contributed by atoms with Crippen LogP contribution in [-0.4, -0.2) is 4.57 Å². The molecular formula is C66H43N. The van der Waals surface area contributed by atoms with Crippen LogP contribution in [0.4, 0.5) is 0 Å². The Balaban J connectivity index is 1.02. The molecule has 12 aromatic rings. The minimum atomic E-state index is -0.508. The van der Waals surface area contributed by atoms with E-state index in [1.165, 1.54) is 116 Å². The van der Waals surface area contributed by atoms with Crippen molar-refractivity contribution in [2.45, 2.75) is 11.3 Å². The van der Waals surface area contributed by atoms with Crippen LogP contribution in [0.5, 0.6) is 0 Å². The van der Waals surface area contributed by atoms with Crippen molar-refractivity contribution in [3.8, 4) is 50.2 Å². The van der Waals surface area contributed by atoms with Crippen LogP contribution in [0.25, 0.3) is 82.8 Å². The Labute approximate surface area is 390 Å². The van der Waals surface area contributed by atoms with Crippen LogP contribution in [0.15, 0.2) is 255 Å². The molecule has 312 valence electrons. The first-order valence-electron chi connectivity index (χ1n) is 23.5. The van der Waals surface area contributed by atoms with Gasteiger partial charge in [-0.15, -0.1) is 0 Å². The van der Waals surface area contributed by atoms with Gasteiger partial charge < -0.3 is 4.57 Å². The second-order valence-corrected chi connectivity index (χ2v) is 18.3. The number of rotatable bonds is 6. The first-order valence-corrected chi connectivity index (χ1v) is 23.5. The van der Waals surface area contributed by atoms with E-state index in [2.05, 4.69) is 259 Å². The predicted molar refractivity (Wildman–Crippen MR) is 279 cm³/mol. The van der Waals surface area contributed by atoms with Gasteiger partial charge >= 0.3 is 0 Å². The fraction of sp³-hybridized carbons (Fsp3) is 0.0303. The summed E-state index contributed by atoms with van der Waals surface area (Å²) in [5.74, 6) is 0.169. The largest absolute Gasteiger partial charge is 0.309 e. The van der Waals surface area contributed by atoms with Crippen LogP contribution in [0.3, 0.4) is 0 Å². The van der Waals surface area contributed by atoms with Crippen LogP contribution in [0.1, 0.15) is 44.9 Å². The Morgan fingerprint density at radius 1 is 0.328 bits per heavy atom. The van der Waals surface area contributed by atoms with Gasteiger partial charge in [-0.25, -0.2) is 0 Å². The molecule has 0 saturated carbocycles. The molecule has 1 aromatic heterocycles. The van der Waals surface area contributed by atoms with Gasteiger partial charge in [0, 0.05) is 27.9 Å². The summed E-state index contributed by atoms with van der Waals surface area (Å²) in [7, 11) is 0. The zero-order chi connectivity index (χ0) is 44.1. The number of hydrogen-bond donors (Lipinski definition) is 0. The monoisotopic (exact) mass is 849 g/mol. The predicted octanol–water partition coefficient (Wildman–Crippen LogP) is 16.8. The Bertz CT molecular complexity index is 3870. The molecule has 0 aliphatic heterocycles. The highest BCUT2D eigenvalue weighted by atomic mass is 15.0. The molecule has 14 rings (SSSR count). The maximum atomic E-state index is 2.55. The van der Waals surface area contributed by atoms with E-state index in [0.29, 0.717) is 0 Å². The third kappa shape index (κ3) is 5.49. The van der Waals surface area contributed by atoms with E-state index in [1.54, 1.807) is 0 Å². The first kappa shape index (κ1) is 37.8. The Morgan fingerprint density at radius 2 is 0.925 bits per heavy atom. The molecule has 67 heavy (non-hydrogen) atoms. The van der Waals surface area contributed by atoms with Gasteiger partial charge in [-0.2, -0.15) is 0 Å². The topological polar surface area (TPSA) is 4.93 Å². The zero-order valence-corrected chi connectivity index (χ0v) is 36.8. The van der Waals surface area contributed by atoms with Crippen molar-refractivity contribution in [2.75, 3.05) is 0 Å². The lowest BCUT2D eigenvalue weighted by molar-refractivity contribution is 0.769. The number of aromatic nitrogens is 1. The van der Waals surface area contributed by atoms with Gasteiger partial charge in [-0.1, -0.05) is 224 Å². The van der Waals surface area contributed by atoms with Gasteiger partial charge in [0.1, 0.15) is 0 Å². The standard InChI is InChI=1S/C66H43N/c1-4-18-43(19-5-1)45-22-16-27-50(40-45)67-62-39-35-47(46-34-36-55-58(41-46)52-29-12-13-30-54(52)63(55)53-32-17-21-44-20-10-11-28-51(44)53)42-59(62)56-37-38-61-64(65(56)67)57-31-14-15-33-60(57)66(61,48-23-6-2-7-24-48)49-25-8-3-9-26-49/h1-42,63H. The summed E-state index contributed by atoms with van der Waals surface area (Å²) in [6.45, 7) is 0. The van der Waals surface area contributed by atoms with Gasteiger partial charge in [-0.3, -0.25) is 0 Å². The normalized spacial score (nSPS) is 14.2. The number of hydrogen-bond acceptors (Lipinski definition) is 0. The fourth-order valence-corrected chi connectivity index (χ4v) is 12.2. The van der Waals surface area contributed by atoms with Crippen molar-refractivity contribution in [3.63, 3.8) is 0 Å². The van der Waals surface area contributed by atoms with Crippen molar-refractivity contribution in [2.24, 2.45) is 0 Å². The molecule has 0 N–H and O–H groups in total. The Morgan fingerprint density at radius 3 is 1.75 bits per heavy atom. The molecule has 0 amide bonds. The van der Waals surface area contributed by atoms with E-state index >= 15 is 0 Å². The van der Waals surface area contributed by atoms with Crippen molar-refractivity contribution in [3.05, 3.63) is 294 Å². The molecule has 0 bridgehead atoms. The minimum Gasteiger partial charge on any atom is -0.309 e. The van der Waals surface area contributed by atoms with E-state index in [0.717, 1.165) is 5.69 Å². The van der Waals surface area contributed by atoms with E-state index in [1.807, 2.05) is 0 Å². The highest BCUT2D eigenvalue weighted by Gasteiger charge is 2.47.